The van der Waals surface area contributed by atoms with Gasteiger partial charge < -0.3 is 10.6 Å². The van der Waals surface area contributed by atoms with Crippen LogP contribution in [0.3, 0.4) is 0 Å². The Morgan fingerprint density at radius 2 is 2.17 bits per heavy atom. The minimum absolute atomic E-state index is 0.0601. The Labute approximate surface area is 142 Å². The maximum atomic E-state index is 12.5. The number of pyridine rings is 1. The lowest BCUT2D eigenvalue weighted by Crippen LogP contribution is -2.39. The van der Waals surface area contributed by atoms with Crippen LogP contribution >= 0.6 is 11.6 Å². The van der Waals surface area contributed by atoms with E-state index in [1.165, 1.54) is 29.9 Å². The summed E-state index contributed by atoms with van der Waals surface area (Å²) in [4.78, 5) is 43.8. The smallest absolute Gasteiger partial charge is 0.330 e. The summed E-state index contributed by atoms with van der Waals surface area (Å²) in [6.45, 7) is 2.32. The highest BCUT2D eigenvalue weighted by atomic mass is 35.5. The van der Waals surface area contributed by atoms with E-state index >= 15 is 0 Å². The standard InChI is InChI=1S/C15H18ClN5O3/c1-3-4-7-21-12(17)11(13(22)19-15(21)24)20(2)14(23)10-8-9(16)5-6-18-10/h5-6,8H,3-4,7,17H2,1-2H3,(H,19,22,24). The van der Waals surface area contributed by atoms with Crippen LogP contribution in [0.5, 0.6) is 0 Å². The highest BCUT2D eigenvalue weighted by Crippen LogP contribution is 2.18. The first-order valence-corrected chi connectivity index (χ1v) is 7.76. The summed E-state index contributed by atoms with van der Waals surface area (Å²) in [7, 11) is 1.39. The van der Waals surface area contributed by atoms with Crippen molar-refractivity contribution in [2.45, 2.75) is 26.3 Å². The van der Waals surface area contributed by atoms with Crippen molar-refractivity contribution in [1.29, 1.82) is 0 Å². The number of H-pyrrole nitrogens is 1. The summed E-state index contributed by atoms with van der Waals surface area (Å²) in [5.41, 5.74) is 4.61. The van der Waals surface area contributed by atoms with Gasteiger partial charge in [-0.2, -0.15) is 0 Å². The van der Waals surface area contributed by atoms with Crippen LogP contribution in [-0.4, -0.2) is 27.5 Å². The van der Waals surface area contributed by atoms with Gasteiger partial charge in [-0.3, -0.25) is 24.1 Å². The van der Waals surface area contributed by atoms with Gasteiger partial charge in [-0.1, -0.05) is 24.9 Å². The fourth-order valence-electron chi connectivity index (χ4n) is 2.23. The van der Waals surface area contributed by atoms with Gasteiger partial charge in [0.2, 0.25) is 0 Å². The Morgan fingerprint density at radius 1 is 1.46 bits per heavy atom. The van der Waals surface area contributed by atoms with Crippen molar-refractivity contribution in [3.63, 3.8) is 0 Å². The lowest BCUT2D eigenvalue weighted by atomic mass is 10.3. The van der Waals surface area contributed by atoms with Gasteiger partial charge >= 0.3 is 5.69 Å². The average Bonchev–Trinajstić information content (AvgIpc) is 2.53. The Morgan fingerprint density at radius 3 is 2.79 bits per heavy atom. The molecule has 2 rings (SSSR count). The molecule has 0 bridgehead atoms. The number of nitrogen functional groups attached to an aromatic ring is 1. The third kappa shape index (κ3) is 3.48. The van der Waals surface area contributed by atoms with Gasteiger partial charge in [-0.15, -0.1) is 0 Å². The third-order valence-corrected chi connectivity index (χ3v) is 3.77. The molecule has 9 heteroatoms. The fraction of sp³-hybridized carbons (Fsp3) is 0.333. The lowest BCUT2D eigenvalue weighted by molar-refractivity contribution is 0.0988. The van der Waals surface area contributed by atoms with Crippen molar-refractivity contribution in [2.24, 2.45) is 0 Å². The van der Waals surface area contributed by atoms with Crippen LogP contribution in [-0.2, 0) is 6.54 Å². The van der Waals surface area contributed by atoms with Crippen LogP contribution < -0.4 is 21.9 Å². The van der Waals surface area contributed by atoms with E-state index in [1.807, 2.05) is 6.92 Å². The van der Waals surface area contributed by atoms with E-state index in [0.717, 1.165) is 11.3 Å². The van der Waals surface area contributed by atoms with E-state index in [-0.39, 0.29) is 17.2 Å². The topological polar surface area (TPSA) is 114 Å². The molecule has 1 amide bonds. The van der Waals surface area contributed by atoms with Crippen LogP contribution in [0.1, 0.15) is 30.3 Å². The number of anilines is 2. The van der Waals surface area contributed by atoms with E-state index in [2.05, 4.69) is 9.97 Å². The normalized spacial score (nSPS) is 10.6. The van der Waals surface area contributed by atoms with Gasteiger partial charge in [0.25, 0.3) is 11.5 Å². The molecule has 128 valence electrons. The number of nitrogens with two attached hydrogens (primary N) is 1. The number of halogens is 1. The molecular formula is C15H18ClN5O3. The van der Waals surface area contributed by atoms with Crippen LogP contribution in [0, 0.1) is 0 Å². The Kier molecular flexibility index (Phi) is 5.40. The van der Waals surface area contributed by atoms with E-state index in [1.54, 1.807) is 0 Å². The molecule has 0 atom stereocenters. The molecule has 24 heavy (non-hydrogen) atoms. The molecule has 0 unspecified atom stereocenters. The number of aromatic nitrogens is 3. The zero-order valence-electron chi connectivity index (χ0n) is 13.4. The van der Waals surface area contributed by atoms with Gasteiger partial charge in [-0.05, 0) is 18.6 Å². The van der Waals surface area contributed by atoms with Crippen molar-refractivity contribution in [3.05, 3.63) is 49.9 Å². The number of nitrogens with zero attached hydrogens (tertiary/aromatic N) is 3. The maximum absolute atomic E-state index is 12.5. The van der Waals surface area contributed by atoms with Crippen molar-refractivity contribution in [1.82, 2.24) is 14.5 Å². The molecule has 0 spiro atoms. The SMILES string of the molecule is CCCCn1c(N)c(N(C)C(=O)c2cc(Cl)ccn2)c(=O)[nH]c1=O. The second-order valence-electron chi connectivity index (χ2n) is 5.22. The Balaban J connectivity index is 2.49. The lowest BCUT2D eigenvalue weighted by Gasteiger charge is -2.20. The number of carbonyl (C=O) groups is 1. The van der Waals surface area contributed by atoms with Gasteiger partial charge in [0.15, 0.2) is 5.69 Å². The molecule has 2 heterocycles. The predicted molar refractivity (Wildman–Crippen MR) is 92.6 cm³/mol. The predicted octanol–water partition coefficient (Wildman–Crippen LogP) is 1.24. The minimum atomic E-state index is -0.733. The van der Waals surface area contributed by atoms with Gasteiger partial charge in [0.1, 0.15) is 11.5 Å². The molecule has 3 N–H and O–H groups in total. The Bertz CT molecular complexity index is 874. The number of aromatic amines is 1. The molecule has 0 aliphatic heterocycles. The first-order valence-electron chi connectivity index (χ1n) is 7.39. The first-order chi connectivity index (χ1) is 11.4. The van der Waals surface area contributed by atoms with Crippen LogP contribution in [0.2, 0.25) is 5.02 Å². The van der Waals surface area contributed by atoms with E-state index < -0.39 is 17.2 Å². The summed E-state index contributed by atoms with van der Waals surface area (Å²) in [5.74, 6) is -0.620. The molecule has 0 fully saturated rings. The number of amides is 1. The Hall–Kier alpha value is -2.61. The van der Waals surface area contributed by atoms with Gasteiger partial charge in [-0.25, -0.2) is 4.79 Å². The number of carbonyl (C=O) groups excluding carboxylic acids is 1. The van der Waals surface area contributed by atoms with E-state index in [0.29, 0.717) is 18.0 Å². The molecule has 0 saturated heterocycles. The monoisotopic (exact) mass is 351 g/mol. The van der Waals surface area contributed by atoms with Crippen molar-refractivity contribution in [2.75, 3.05) is 17.7 Å². The number of rotatable bonds is 5. The molecule has 0 aromatic carbocycles. The van der Waals surface area contributed by atoms with Crippen LogP contribution in [0.4, 0.5) is 11.5 Å². The van der Waals surface area contributed by atoms with Gasteiger partial charge in [0.05, 0.1) is 0 Å². The second kappa shape index (κ2) is 7.31. The highest BCUT2D eigenvalue weighted by Gasteiger charge is 2.22. The zero-order valence-corrected chi connectivity index (χ0v) is 14.1. The highest BCUT2D eigenvalue weighted by molar-refractivity contribution is 6.31. The van der Waals surface area contributed by atoms with Crippen LogP contribution in [0.25, 0.3) is 0 Å². The van der Waals surface area contributed by atoms with Crippen molar-refractivity contribution >= 4 is 29.0 Å². The third-order valence-electron chi connectivity index (χ3n) is 3.53. The largest absolute Gasteiger partial charge is 0.383 e. The molecule has 0 aliphatic rings. The van der Waals surface area contributed by atoms with E-state index in [9.17, 15) is 14.4 Å². The summed E-state index contributed by atoms with van der Waals surface area (Å²) in [6.07, 6.45) is 2.95. The maximum Gasteiger partial charge on any atom is 0.330 e. The van der Waals surface area contributed by atoms with Crippen LogP contribution in [0.15, 0.2) is 27.9 Å². The molecular weight excluding hydrogens is 334 g/mol. The molecule has 0 saturated carbocycles. The molecule has 2 aromatic heterocycles. The molecule has 0 radical (unpaired) electrons. The molecule has 8 nitrogen and oxygen atoms in total. The van der Waals surface area contributed by atoms with Crippen molar-refractivity contribution < 1.29 is 4.79 Å². The summed E-state index contributed by atoms with van der Waals surface area (Å²) >= 11 is 5.86. The number of unbranched alkanes of at least 4 members (excludes halogenated alkanes) is 1. The number of hydrogen-bond acceptors (Lipinski definition) is 5. The van der Waals surface area contributed by atoms with Gasteiger partial charge in [0, 0.05) is 24.8 Å². The minimum Gasteiger partial charge on any atom is -0.383 e. The summed E-state index contributed by atoms with van der Waals surface area (Å²) < 4.78 is 1.25. The first kappa shape index (κ1) is 17.7. The molecule has 2 aromatic rings. The number of nitrogens with one attached hydrogen (secondary N) is 1. The van der Waals surface area contributed by atoms with E-state index in [4.69, 9.17) is 17.3 Å². The average molecular weight is 352 g/mol. The number of hydrogen-bond donors (Lipinski definition) is 2. The quantitative estimate of drug-likeness (QED) is 0.841. The van der Waals surface area contributed by atoms with Crippen molar-refractivity contribution in [3.8, 4) is 0 Å². The summed E-state index contributed by atoms with van der Waals surface area (Å²) in [5, 5.41) is 0.344. The fourth-order valence-corrected chi connectivity index (χ4v) is 2.39. The zero-order chi connectivity index (χ0) is 17.9. The summed E-state index contributed by atoms with van der Waals surface area (Å²) in [6, 6.07) is 2.92. The second-order valence-corrected chi connectivity index (χ2v) is 5.66. The molecule has 0 aliphatic carbocycles.